The number of ether oxygens (including phenoxy) is 1. The molecule has 0 atom stereocenters. The molecule has 0 saturated heterocycles. The van der Waals surface area contributed by atoms with Gasteiger partial charge in [-0.05, 0) is 5.56 Å². The first kappa shape index (κ1) is 25.5. The molecule has 0 heterocycles. The lowest BCUT2D eigenvalue weighted by Gasteiger charge is -2.25. The normalized spacial score (nSPS) is 14.2. The van der Waals surface area contributed by atoms with Crippen LogP contribution in [0.3, 0.4) is 0 Å². The standard InChI is InChI=1S/C13H13F7O7S2/c14-11(8-26-28(21,22)12(15,16)17,9-27-29(23,24)13(18,19)20)7-25-6-10-4-2-1-3-5-10/h1-5H,6-9H2. The molecule has 1 rings (SSSR count). The van der Waals surface area contributed by atoms with Crippen LogP contribution in [0.15, 0.2) is 30.3 Å². The fraction of sp³-hybridized carbons (Fsp3) is 0.538. The summed E-state index contributed by atoms with van der Waals surface area (Å²) in [6.07, 6.45) is 0. The second-order valence-corrected chi connectivity index (χ2v) is 8.67. The van der Waals surface area contributed by atoms with Crippen LogP contribution in [0.5, 0.6) is 0 Å². The molecule has 0 unspecified atom stereocenters. The van der Waals surface area contributed by atoms with Gasteiger partial charge in [0.15, 0.2) is 5.67 Å². The Bertz CT molecular complexity index is 817. The van der Waals surface area contributed by atoms with E-state index in [9.17, 15) is 47.6 Å². The third-order valence-electron chi connectivity index (χ3n) is 2.98. The predicted octanol–water partition coefficient (Wildman–Crippen LogP) is 2.64. The van der Waals surface area contributed by atoms with Crippen LogP contribution in [-0.2, 0) is 39.9 Å². The molecule has 0 amide bonds. The molecule has 168 valence electrons. The second-order valence-electron chi connectivity index (χ2n) is 5.45. The highest BCUT2D eigenvalue weighted by Crippen LogP contribution is 2.29. The Morgan fingerprint density at radius 2 is 1.10 bits per heavy atom. The number of rotatable bonds is 10. The lowest BCUT2D eigenvalue weighted by molar-refractivity contribution is -0.0770. The molecule has 0 aromatic heterocycles. The van der Waals surface area contributed by atoms with Gasteiger partial charge in [0.1, 0.15) is 13.2 Å². The van der Waals surface area contributed by atoms with Crippen molar-refractivity contribution < 1.29 is 60.7 Å². The Morgan fingerprint density at radius 1 is 0.690 bits per heavy atom. The van der Waals surface area contributed by atoms with E-state index >= 15 is 0 Å². The first-order valence-electron chi connectivity index (χ1n) is 7.21. The summed E-state index contributed by atoms with van der Waals surface area (Å²) in [4.78, 5) is 0. The van der Waals surface area contributed by atoms with Crippen LogP contribution < -0.4 is 0 Å². The summed E-state index contributed by atoms with van der Waals surface area (Å²) < 4.78 is 143. The van der Waals surface area contributed by atoms with Gasteiger partial charge in [-0.1, -0.05) is 30.3 Å². The molecule has 0 aliphatic heterocycles. The summed E-state index contributed by atoms with van der Waals surface area (Å²) in [5, 5.41) is 0. The van der Waals surface area contributed by atoms with Crippen LogP contribution >= 0.6 is 0 Å². The van der Waals surface area contributed by atoms with Gasteiger partial charge in [-0.25, -0.2) is 4.39 Å². The predicted molar refractivity (Wildman–Crippen MR) is 81.8 cm³/mol. The highest BCUT2D eigenvalue weighted by Gasteiger charge is 2.51. The maximum atomic E-state index is 14.7. The molecule has 0 radical (unpaired) electrons. The first-order valence-corrected chi connectivity index (χ1v) is 10.0. The Hall–Kier alpha value is -1.49. The zero-order valence-electron chi connectivity index (χ0n) is 14.0. The van der Waals surface area contributed by atoms with Gasteiger partial charge < -0.3 is 4.74 Å². The van der Waals surface area contributed by atoms with E-state index in [0.717, 1.165) is 0 Å². The second kappa shape index (κ2) is 9.11. The molecule has 1 aromatic carbocycles. The largest absolute Gasteiger partial charge is 0.523 e. The van der Waals surface area contributed by atoms with Crippen LogP contribution in [-0.4, -0.2) is 53.3 Å². The van der Waals surface area contributed by atoms with Crippen molar-refractivity contribution in [1.82, 2.24) is 0 Å². The minimum Gasteiger partial charge on any atom is -0.373 e. The molecule has 0 saturated carbocycles. The van der Waals surface area contributed by atoms with Crippen molar-refractivity contribution in [3.8, 4) is 0 Å². The van der Waals surface area contributed by atoms with Crippen LogP contribution in [0, 0.1) is 0 Å². The molecule has 16 heteroatoms. The maximum Gasteiger partial charge on any atom is 0.523 e. The minimum absolute atomic E-state index is 0.384. The number of halogens is 7. The van der Waals surface area contributed by atoms with Crippen molar-refractivity contribution >= 4 is 20.2 Å². The van der Waals surface area contributed by atoms with Crippen molar-refractivity contribution in [3.63, 3.8) is 0 Å². The molecular weight excluding hydrogens is 465 g/mol. The summed E-state index contributed by atoms with van der Waals surface area (Å²) in [5.74, 6) is 0. The molecule has 0 bridgehead atoms. The molecule has 0 N–H and O–H groups in total. The summed E-state index contributed by atoms with van der Waals surface area (Å²) >= 11 is 0. The lowest BCUT2D eigenvalue weighted by atomic mass is 10.1. The summed E-state index contributed by atoms with van der Waals surface area (Å²) in [6.45, 7) is -5.76. The van der Waals surface area contributed by atoms with Gasteiger partial charge in [-0.2, -0.15) is 43.2 Å². The lowest BCUT2D eigenvalue weighted by Crippen LogP contribution is -2.43. The van der Waals surface area contributed by atoms with Crippen molar-refractivity contribution in [2.45, 2.75) is 23.3 Å². The number of benzene rings is 1. The Labute approximate surface area is 160 Å². The summed E-state index contributed by atoms with van der Waals surface area (Å²) in [5.41, 5.74) is -15.0. The topological polar surface area (TPSA) is 96.0 Å². The highest BCUT2D eigenvalue weighted by molar-refractivity contribution is 7.87. The van der Waals surface area contributed by atoms with Crippen molar-refractivity contribution in [2.75, 3.05) is 19.8 Å². The molecule has 0 fully saturated rings. The zero-order chi connectivity index (χ0) is 22.6. The fourth-order valence-corrected chi connectivity index (χ4v) is 2.55. The van der Waals surface area contributed by atoms with Crippen molar-refractivity contribution in [1.29, 1.82) is 0 Å². The zero-order valence-corrected chi connectivity index (χ0v) is 15.7. The monoisotopic (exact) mass is 478 g/mol. The smallest absolute Gasteiger partial charge is 0.373 e. The van der Waals surface area contributed by atoms with E-state index < -0.39 is 56.7 Å². The van der Waals surface area contributed by atoms with E-state index in [4.69, 9.17) is 4.74 Å². The molecule has 0 aliphatic carbocycles. The van der Waals surface area contributed by atoms with E-state index in [1.165, 1.54) is 12.1 Å². The molecule has 29 heavy (non-hydrogen) atoms. The summed E-state index contributed by atoms with van der Waals surface area (Å²) in [7, 11) is -12.6. The Morgan fingerprint density at radius 3 is 1.48 bits per heavy atom. The van der Waals surface area contributed by atoms with Gasteiger partial charge >= 0.3 is 31.3 Å². The third-order valence-corrected chi connectivity index (χ3v) is 4.97. The van der Waals surface area contributed by atoms with Crippen LogP contribution in [0.2, 0.25) is 0 Å². The maximum absolute atomic E-state index is 14.7. The van der Waals surface area contributed by atoms with E-state index in [1.807, 2.05) is 0 Å². The quantitative estimate of drug-likeness (QED) is 0.290. The summed E-state index contributed by atoms with van der Waals surface area (Å²) in [6, 6.07) is 7.65. The van der Waals surface area contributed by atoms with Gasteiger partial charge in [0, 0.05) is 0 Å². The minimum atomic E-state index is -6.31. The SMILES string of the molecule is O=S(=O)(OCC(F)(COCc1ccccc1)COS(=O)(=O)C(F)(F)F)C(F)(F)F. The molecule has 0 aliphatic rings. The van der Waals surface area contributed by atoms with Crippen LogP contribution in [0.4, 0.5) is 30.7 Å². The fourth-order valence-electron chi connectivity index (χ4n) is 1.55. The van der Waals surface area contributed by atoms with E-state index in [2.05, 4.69) is 8.37 Å². The third kappa shape index (κ3) is 7.69. The molecular formula is C13H13F7O7S2. The molecule has 0 spiro atoms. The average Bonchev–Trinajstić information content (AvgIpc) is 2.58. The first-order chi connectivity index (χ1) is 13.0. The van der Waals surface area contributed by atoms with E-state index in [0.29, 0.717) is 5.56 Å². The van der Waals surface area contributed by atoms with Crippen molar-refractivity contribution in [3.05, 3.63) is 35.9 Å². The van der Waals surface area contributed by atoms with Gasteiger partial charge in [0.2, 0.25) is 0 Å². The number of alkyl halides is 7. The average molecular weight is 478 g/mol. The van der Waals surface area contributed by atoms with Crippen LogP contribution in [0.25, 0.3) is 0 Å². The Kier molecular flexibility index (Phi) is 8.03. The van der Waals surface area contributed by atoms with Crippen molar-refractivity contribution in [2.24, 2.45) is 0 Å². The molecule has 1 aromatic rings. The van der Waals surface area contributed by atoms with Gasteiger partial charge in [0.05, 0.1) is 13.2 Å². The number of hydrogen-bond acceptors (Lipinski definition) is 7. The van der Waals surface area contributed by atoms with E-state index in [1.54, 1.807) is 18.2 Å². The Balaban J connectivity index is 2.91. The van der Waals surface area contributed by atoms with Gasteiger partial charge in [-0.3, -0.25) is 8.37 Å². The van der Waals surface area contributed by atoms with E-state index in [-0.39, 0.29) is 6.61 Å². The van der Waals surface area contributed by atoms with Crippen LogP contribution in [0.1, 0.15) is 5.56 Å². The number of hydrogen-bond donors (Lipinski definition) is 0. The van der Waals surface area contributed by atoms with Gasteiger partial charge in [-0.15, -0.1) is 0 Å². The van der Waals surface area contributed by atoms with Gasteiger partial charge in [0.25, 0.3) is 0 Å². The highest BCUT2D eigenvalue weighted by atomic mass is 32.2. The molecule has 7 nitrogen and oxygen atoms in total.